The van der Waals surface area contributed by atoms with Crippen molar-refractivity contribution in [2.24, 2.45) is 0 Å². The molecule has 21 heavy (non-hydrogen) atoms. The second kappa shape index (κ2) is 5.10. The van der Waals surface area contributed by atoms with E-state index in [1.54, 1.807) is 11.3 Å². The molecule has 0 atom stereocenters. The van der Waals surface area contributed by atoms with E-state index in [1.807, 2.05) is 59.5 Å². The molecule has 0 aliphatic rings. The highest BCUT2D eigenvalue weighted by molar-refractivity contribution is 7.21. The SMILES string of the molecule is c1ccc2sc(-c3ccc(CNn4cccc4)o3)nc2c1. The number of nitrogens with zero attached hydrogens (tertiary/aromatic N) is 2. The largest absolute Gasteiger partial charge is 0.457 e. The van der Waals surface area contributed by atoms with E-state index in [-0.39, 0.29) is 0 Å². The number of aromatic nitrogens is 2. The minimum Gasteiger partial charge on any atom is -0.457 e. The van der Waals surface area contributed by atoms with Gasteiger partial charge < -0.3 is 9.84 Å². The molecule has 104 valence electrons. The van der Waals surface area contributed by atoms with Crippen LogP contribution < -0.4 is 5.43 Å². The van der Waals surface area contributed by atoms with Crippen molar-refractivity contribution in [3.05, 3.63) is 66.7 Å². The third-order valence-corrected chi connectivity index (χ3v) is 4.26. The summed E-state index contributed by atoms with van der Waals surface area (Å²) in [6, 6.07) is 16.0. The van der Waals surface area contributed by atoms with Gasteiger partial charge in [0.1, 0.15) is 5.76 Å². The van der Waals surface area contributed by atoms with Crippen LogP contribution in [0.25, 0.3) is 21.0 Å². The van der Waals surface area contributed by atoms with Crippen molar-refractivity contribution >= 4 is 21.6 Å². The van der Waals surface area contributed by atoms with Crippen LogP contribution in [0.15, 0.2) is 65.3 Å². The molecule has 0 amide bonds. The van der Waals surface area contributed by atoms with Crippen LogP contribution in [0.5, 0.6) is 0 Å². The molecule has 0 saturated heterocycles. The van der Waals surface area contributed by atoms with Crippen molar-refractivity contribution < 1.29 is 4.42 Å². The first kappa shape index (κ1) is 12.2. The second-order valence-electron chi connectivity index (χ2n) is 4.68. The fourth-order valence-electron chi connectivity index (χ4n) is 2.17. The van der Waals surface area contributed by atoms with Crippen LogP contribution in [0, 0.1) is 0 Å². The third-order valence-electron chi connectivity index (χ3n) is 3.21. The lowest BCUT2D eigenvalue weighted by Crippen LogP contribution is -2.11. The molecule has 3 heterocycles. The highest BCUT2D eigenvalue weighted by Gasteiger charge is 2.10. The summed E-state index contributed by atoms with van der Waals surface area (Å²) in [5.74, 6) is 1.71. The van der Waals surface area contributed by atoms with E-state index in [0.29, 0.717) is 6.54 Å². The van der Waals surface area contributed by atoms with Crippen LogP contribution in [0.4, 0.5) is 0 Å². The smallest absolute Gasteiger partial charge is 0.163 e. The molecule has 0 aliphatic carbocycles. The van der Waals surface area contributed by atoms with E-state index < -0.39 is 0 Å². The quantitative estimate of drug-likeness (QED) is 0.616. The van der Waals surface area contributed by atoms with Crippen molar-refractivity contribution in [1.82, 2.24) is 9.66 Å². The number of thiazole rings is 1. The molecule has 0 aliphatic heterocycles. The van der Waals surface area contributed by atoms with Crippen LogP contribution in [-0.2, 0) is 6.54 Å². The van der Waals surface area contributed by atoms with Crippen LogP contribution in [0.2, 0.25) is 0 Å². The topological polar surface area (TPSA) is 43.0 Å². The van der Waals surface area contributed by atoms with E-state index in [2.05, 4.69) is 16.5 Å². The summed E-state index contributed by atoms with van der Waals surface area (Å²) < 4.78 is 8.95. The van der Waals surface area contributed by atoms with Gasteiger partial charge in [-0.1, -0.05) is 12.1 Å². The zero-order valence-corrected chi connectivity index (χ0v) is 12.0. The van der Waals surface area contributed by atoms with Gasteiger partial charge in [-0.25, -0.2) is 4.98 Å². The predicted octanol–water partition coefficient (Wildman–Crippen LogP) is 4.10. The van der Waals surface area contributed by atoms with Crippen LogP contribution in [0.1, 0.15) is 5.76 Å². The van der Waals surface area contributed by atoms with Gasteiger partial charge in [0.2, 0.25) is 0 Å². The number of rotatable bonds is 4. The highest BCUT2D eigenvalue weighted by Crippen LogP contribution is 2.31. The predicted molar refractivity (Wildman–Crippen MR) is 84.8 cm³/mol. The van der Waals surface area contributed by atoms with Crippen molar-refractivity contribution in [1.29, 1.82) is 0 Å². The van der Waals surface area contributed by atoms with E-state index >= 15 is 0 Å². The average molecular weight is 295 g/mol. The lowest BCUT2D eigenvalue weighted by molar-refractivity contribution is 0.523. The van der Waals surface area contributed by atoms with Crippen molar-refractivity contribution in [3.8, 4) is 10.8 Å². The third kappa shape index (κ3) is 2.43. The summed E-state index contributed by atoms with van der Waals surface area (Å²) in [7, 11) is 0. The van der Waals surface area contributed by atoms with E-state index in [9.17, 15) is 0 Å². The van der Waals surface area contributed by atoms with Crippen LogP contribution in [0.3, 0.4) is 0 Å². The van der Waals surface area contributed by atoms with E-state index in [0.717, 1.165) is 22.0 Å². The normalized spacial score (nSPS) is 11.0. The maximum absolute atomic E-state index is 5.87. The number of furan rings is 1. The van der Waals surface area contributed by atoms with Crippen LogP contribution in [-0.4, -0.2) is 9.66 Å². The van der Waals surface area contributed by atoms with Gasteiger partial charge in [0.15, 0.2) is 10.8 Å². The first-order chi connectivity index (χ1) is 10.4. The first-order valence-electron chi connectivity index (χ1n) is 6.70. The Bertz CT molecular complexity index is 828. The van der Waals surface area contributed by atoms with Gasteiger partial charge in [0.05, 0.1) is 16.8 Å². The molecular formula is C16H13N3OS. The summed E-state index contributed by atoms with van der Waals surface area (Å²) in [4.78, 5) is 4.61. The Kier molecular flexibility index (Phi) is 2.97. The Morgan fingerprint density at radius 3 is 2.76 bits per heavy atom. The molecule has 3 aromatic heterocycles. The van der Waals surface area contributed by atoms with Gasteiger partial charge in [-0.15, -0.1) is 11.3 Å². The van der Waals surface area contributed by atoms with E-state index in [4.69, 9.17) is 4.42 Å². The Balaban J connectivity index is 1.56. The fraction of sp³-hybridized carbons (Fsp3) is 0.0625. The molecule has 4 aromatic rings. The van der Waals surface area contributed by atoms with E-state index in [1.165, 1.54) is 4.70 Å². The van der Waals surface area contributed by atoms with Crippen molar-refractivity contribution in [2.45, 2.75) is 6.54 Å². The molecule has 0 saturated carbocycles. The number of hydrogen-bond donors (Lipinski definition) is 1. The molecule has 1 N–H and O–H groups in total. The Morgan fingerprint density at radius 2 is 1.90 bits per heavy atom. The molecule has 1 aromatic carbocycles. The minimum atomic E-state index is 0.638. The summed E-state index contributed by atoms with van der Waals surface area (Å²) in [6.07, 6.45) is 3.91. The summed E-state index contributed by atoms with van der Waals surface area (Å²) in [5, 5.41) is 0.920. The van der Waals surface area contributed by atoms with Gasteiger partial charge >= 0.3 is 0 Å². The molecule has 5 heteroatoms. The molecule has 4 rings (SSSR count). The fourth-order valence-corrected chi connectivity index (χ4v) is 3.10. The standard InChI is InChI=1S/C16H13N3OS/c1-2-6-15-13(5-1)18-16(21-15)14-8-7-12(20-14)11-17-19-9-3-4-10-19/h1-10,17H,11H2. The maximum atomic E-state index is 5.87. The number of nitrogens with one attached hydrogen (secondary N) is 1. The van der Waals surface area contributed by atoms with Gasteiger partial charge in [-0.05, 0) is 36.4 Å². The molecule has 0 unspecified atom stereocenters. The molecule has 0 fully saturated rings. The highest BCUT2D eigenvalue weighted by atomic mass is 32.1. The summed E-state index contributed by atoms with van der Waals surface area (Å²) >= 11 is 1.65. The van der Waals surface area contributed by atoms with Gasteiger partial charge in [0, 0.05) is 12.4 Å². The number of hydrogen-bond acceptors (Lipinski definition) is 4. The molecule has 0 bridgehead atoms. The first-order valence-corrected chi connectivity index (χ1v) is 7.52. The number of benzene rings is 1. The number of fused-ring (bicyclic) bond motifs is 1. The molecule has 4 nitrogen and oxygen atoms in total. The van der Waals surface area contributed by atoms with Crippen molar-refractivity contribution in [2.75, 3.05) is 5.43 Å². The average Bonchev–Trinajstić information content (AvgIpc) is 3.24. The van der Waals surface area contributed by atoms with Crippen molar-refractivity contribution in [3.63, 3.8) is 0 Å². The maximum Gasteiger partial charge on any atom is 0.163 e. The van der Waals surface area contributed by atoms with Gasteiger partial charge in [-0.3, -0.25) is 4.68 Å². The van der Waals surface area contributed by atoms with Gasteiger partial charge in [-0.2, -0.15) is 0 Å². The lowest BCUT2D eigenvalue weighted by atomic mass is 10.3. The monoisotopic (exact) mass is 295 g/mol. The lowest BCUT2D eigenvalue weighted by Gasteiger charge is -2.04. The summed E-state index contributed by atoms with van der Waals surface area (Å²) in [5.41, 5.74) is 4.25. The molecular weight excluding hydrogens is 282 g/mol. The number of para-hydroxylation sites is 1. The van der Waals surface area contributed by atoms with Gasteiger partial charge in [0.25, 0.3) is 0 Å². The zero-order chi connectivity index (χ0) is 14.1. The minimum absolute atomic E-state index is 0.638. The van der Waals surface area contributed by atoms with Crippen LogP contribution >= 0.6 is 11.3 Å². The molecule has 0 spiro atoms. The Morgan fingerprint density at radius 1 is 1.05 bits per heavy atom. The Hall–Kier alpha value is -2.53. The Labute approximate surface area is 125 Å². The summed E-state index contributed by atoms with van der Waals surface area (Å²) in [6.45, 7) is 0.638. The molecule has 0 radical (unpaired) electrons. The second-order valence-corrected chi connectivity index (χ2v) is 5.71. The zero-order valence-electron chi connectivity index (χ0n) is 11.2.